The van der Waals surface area contributed by atoms with Gasteiger partial charge in [0.15, 0.2) is 23.2 Å². The molecule has 3 aliphatic rings. The van der Waals surface area contributed by atoms with E-state index in [1.165, 1.54) is 32.9 Å². The number of carbonyl (C=O) groups is 1. The Morgan fingerprint density at radius 1 is 0.451 bits per heavy atom. The van der Waals surface area contributed by atoms with Gasteiger partial charge in [-0.3, -0.25) is 4.79 Å². The van der Waals surface area contributed by atoms with Gasteiger partial charge in [0.1, 0.15) is 70.6 Å². The molecule has 0 spiro atoms. The second-order valence-electron chi connectivity index (χ2n) is 17.7. The van der Waals surface area contributed by atoms with E-state index in [1.807, 2.05) is 6.07 Å². The SMILES string of the molecule is N#Cc1cc(F)cc2c1N(c1ccc(C(F)(F)F)c(F)c1C#N)CCC2=O.N#Cc1cc(F)cc2c1N(c1ccc(C(F)(F)F)c(F)c1C#N)CCC2C#N.N#Cc1cc(F)cc2c1N(c1ccc(C(F)(F)F)c(F)c1C#N)CCC2O. The van der Waals surface area contributed by atoms with Crippen molar-refractivity contribution < 1.29 is 75.8 Å². The summed E-state index contributed by atoms with van der Waals surface area (Å²) in [7, 11) is 0. The molecule has 3 heterocycles. The van der Waals surface area contributed by atoms with Crippen LogP contribution < -0.4 is 14.7 Å². The van der Waals surface area contributed by atoms with Crippen molar-refractivity contribution in [2.24, 2.45) is 0 Å². The number of aliphatic hydroxyl groups excluding tert-OH is 1. The quantitative estimate of drug-likeness (QED) is 0.164. The monoisotopic (exact) mass is 1140 g/mol. The molecule has 3 aliphatic heterocycles. The maximum Gasteiger partial charge on any atom is 0.419 e. The number of nitriles is 7. The van der Waals surface area contributed by atoms with Crippen LogP contribution in [-0.2, 0) is 18.5 Å². The van der Waals surface area contributed by atoms with Crippen molar-refractivity contribution in [3.8, 4) is 42.5 Å². The Bertz CT molecular complexity index is 3940. The van der Waals surface area contributed by atoms with Gasteiger partial charge < -0.3 is 19.8 Å². The van der Waals surface area contributed by atoms with Crippen molar-refractivity contribution in [2.45, 2.75) is 49.8 Å². The molecule has 6 aromatic carbocycles. The molecule has 0 radical (unpaired) electrons. The number of carbonyl (C=O) groups excluding carboxylic acids is 1. The van der Waals surface area contributed by atoms with Crippen LogP contribution in [0.2, 0.25) is 0 Å². The predicted molar refractivity (Wildman–Crippen MR) is 254 cm³/mol. The number of halogens is 15. The molecule has 0 bridgehead atoms. The van der Waals surface area contributed by atoms with Crippen LogP contribution in [0.4, 0.5) is 100.0 Å². The molecule has 2 atom stereocenters. The lowest BCUT2D eigenvalue weighted by Crippen LogP contribution is -2.30. The number of nitrogens with zero attached hydrogens (tertiary/aromatic N) is 10. The van der Waals surface area contributed by atoms with Crippen LogP contribution in [0, 0.1) is 114 Å². The van der Waals surface area contributed by atoms with Crippen LogP contribution in [0.25, 0.3) is 0 Å². The largest absolute Gasteiger partial charge is 0.419 e. The number of rotatable bonds is 3. The number of anilines is 6. The molecule has 1 N–H and O–H groups in total. The van der Waals surface area contributed by atoms with Crippen LogP contribution in [0.1, 0.15) is 103 Å². The fourth-order valence-electron chi connectivity index (χ4n) is 9.43. The molecule has 27 heteroatoms. The first-order valence-corrected chi connectivity index (χ1v) is 23.1. The lowest BCUT2D eigenvalue weighted by atomic mass is 9.88. The Balaban J connectivity index is 0.000000177. The smallest absolute Gasteiger partial charge is 0.388 e. The number of ketones is 1. The van der Waals surface area contributed by atoms with Crippen LogP contribution >= 0.6 is 0 Å². The standard InChI is InChI=1S/C19H9F5N4.C18H10F5N3O.C18H8F5N3O/c20-12-5-11(8-26)18-13(6-12)10(7-25)3-4-28(18)16-2-1-15(19(22,23)24)17(21)14(16)9-27;2*19-10-5-9(7-24)17-11(6-10)15(27)3-4-26(17)14-2-1-13(18(21,22)23)16(20)12(14)8-25/h1-2,5-6,10H,3-4H2;1-2,5-6,15,27H,3-4H2;1-2,5-6H,3-4H2. The summed E-state index contributed by atoms with van der Waals surface area (Å²) in [4.78, 5) is 15.8. The third kappa shape index (κ3) is 11.2. The number of hydrogen-bond donors (Lipinski definition) is 1. The highest BCUT2D eigenvalue weighted by molar-refractivity contribution is 6.06. The van der Waals surface area contributed by atoms with Gasteiger partial charge in [-0.15, -0.1) is 0 Å². The predicted octanol–water partition coefficient (Wildman–Crippen LogP) is 13.6. The lowest BCUT2D eigenvalue weighted by Gasteiger charge is -2.35. The molecule has 0 aliphatic carbocycles. The fraction of sp³-hybridized carbons (Fsp3) is 0.200. The van der Waals surface area contributed by atoms with E-state index in [0.29, 0.717) is 18.2 Å². The topological polar surface area (TPSA) is 214 Å². The van der Waals surface area contributed by atoms with Gasteiger partial charge in [0.25, 0.3) is 0 Å². The van der Waals surface area contributed by atoms with Gasteiger partial charge in [0.2, 0.25) is 0 Å². The Morgan fingerprint density at radius 2 is 0.805 bits per heavy atom. The van der Waals surface area contributed by atoms with Crippen molar-refractivity contribution >= 4 is 39.9 Å². The number of alkyl halides is 9. The molecule has 0 aromatic heterocycles. The van der Waals surface area contributed by atoms with E-state index in [1.54, 1.807) is 18.2 Å². The Hall–Kier alpha value is -10.3. The lowest BCUT2D eigenvalue weighted by molar-refractivity contribution is -0.140. The number of Topliss-reactive ketones (excluding diaryl/α,β-unsaturated/α-hetero) is 1. The summed E-state index contributed by atoms with van der Waals surface area (Å²) in [6.07, 6.45) is -16.0. The van der Waals surface area contributed by atoms with E-state index in [-0.39, 0.29) is 106 Å². The van der Waals surface area contributed by atoms with Crippen LogP contribution in [0.15, 0.2) is 72.8 Å². The minimum Gasteiger partial charge on any atom is -0.388 e. The van der Waals surface area contributed by atoms with Gasteiger partial charge in [0.05, 0.1) is 85.6 Å². The molecule has 2 unspecified atom stereocenters. The second-order valence-corrected chi connectivity index (χ2v) is 17.7. The normalized spacial score (nSPS) is 15.4. The third-order valence-corrected chi connectivity index (χ3v) is 13.0. The highest BCUT2D eigenvalue weighted by atomic mass is 19.4. The first-order valence-electron chi connectivity index (χ1n) is 23.1. The number of hydrogen-bond acceptors (Lipinski definition) is 12. The molecule has 9 rings (SSSR count). The third-order valence-electron chi connectivity index (χ3n) is 13.0. The molecule has 0 fully saturated rings. The van der Waals surface area contributed by atoms with Crippen molar-refractivity contribution in [2.75, 3.05) is 34.3 Å². The van der Waals surface area contributed by atoms with Gasteiger partial charge in [-0.05, 0) is 91.2 Å². The Labute approximate surface area is 452 Å². The van der Waals surface area contributed by atoms with E-state index in [0.717, 1.165) is 54.6 Å². The molecule has 0 saturated carbocycles. The van der Waals surface area contributed by atoms with Crippen molar-refractivity contribution in [3.05, 3.63) is 174 Å². The zero-order valence-corrected chi connectivity index (χ0v) is 40.8. The van der Waals surface area contributed by atoms with Gasteiger partial charge in [0, 0.05) is 37.2 Å². The summed E-state index contributed by atoms with van der Waals surface area (Å²) >= 11 is 0. The summed E-state index contributed by atoms with van der Waals surface area (Å²) in [5.41, 5.74) is -8.45. The molecular formula is C55H27F15N10O2. The van der Waals surface area contributed by atoms with E-state index in [4.69, 9.17) is 0 Å². The molecule has 414 valence electrons. The molecule has 82 heavy (non-hydrogen) atoms. The average Bonchev–Trinajstić information content (AvgIpc) is 3.61. The molecule has 0 saturated heterocycles. The number of fused-ring (bicyclic) bond motifs is 3. The number of benzene rings is 6. The van der Waals surface area contributed by atoms with E-state index in [2.05, 4.69) is 0 Å². The summed E-state index contributed by atoms with van der Waals surface area (Å²) in [5.74, 6) is -8.78. The molecule has 0 amide bonds. The summed E-state index contributed by atoms with van der Waals surface area (Å²) in [6.45, 7) is -0.0788. The summed E-state index contributed by atoms with van der Waals surface area (Å²) in [5, 5.41) is 75.0. The summed E-state index contributed by atoms with van der Waals surface area (Å²) in [6, 6.07) is 21.4. The molecule has 12 nitrogen and oxygen atoms in total. The van der Waals surface area contributed by atoms with Crippen molar-refractivity contribution in [3.63, 3.8) is 0 Å². The first kappa shape index (κ1) is 59.4. The zero-order chi connectivity index (χ0) is 60.5. The van der Waals surface area contributed by atoms with Gasteiger partial charge in [-0.2, -0.15) is 76.3 Å². The first-order chi connectivity index (χ1) is 38.6. The van der Waals surface area contributed by atoms with Gasteiger partial charge in [-0.25, -0.2) is 26.3 Å². The Morgan fingerprint density at radius 3 is 1.18 bits per heavy atom. The van der Waals surface area contributed by atoms with E-state index in [9.17, 15) is 113 Å². The zero-order valence-electron chi connectivity index (χ0n) is 40.8. The minimum absolute atomic E-state index is 0.00599. The molecular weight excluding hydrogens is 1120 g/mol. The molecule has 6 aromatic rings. The van der Waals surface area contributed by atoms with Crippen molar-refractivity contribution in [1.29, 1.82) is 36.8 Å². The van der Waals surface area contributed by atoms with Crippen LogP contribution in [0.3, 0.4) is 0 Å². The maximum absolute atomic E-state index is 14.4. The minimum atomic E-state index is -5.00. The highest BCUT2D eigenvalue weighted by Crippen LogP contribution is 2.47. The number of aliphatic hydroxyl groups is 1. The van der Waals surface area contributed by atoms with E-state index < -0.39 is 105 Å². The van der Waals surface area contributed by atoms with Crippen LogP contribution in [0.5, 0.6) is 0 Å². The second kappa shape index (κ2) is 22.8. The fourth-order valence-corrected chi connectivity index (χ4v) is 9.43. The maximum atomic E-state index is 14.4. The van der Waals surface area contributed by atoms with Gasteiger partial charge >= 0.3 is 18.5 Å². The Kier molecular flexibility index (Phi) is 16.5. The van der Waals surface area contributed by atoms with Crippen molar-refractivity contribution in [1.82, 2.24) is 0 Å². The van der Waals surface area contributed by atoms with Gasteiger partial charge in [-0.1, -0.05) is 0 Å². The van der Waals surface area contributed by atoms with Crippen LogP contribution in [-0.4, -0.2) is 30.5 Å². The highest BCUT2D eigenvalue weighted by Gasteiger charge is 2.41. The van der Waals surface area contributed by atoms with E-state index >= 15 is 0 Å². The summed E-state index contributed by atoms with van der Waals surface area (Å²) < 4.78 is 201. The average molecular weight is 1140 g/mol.